The number of Topliss-reactive ketones (excluding diaryl/α,β-unsaturated/α-hetero) is 2. The molecule has 4 atom stereocenters. The van der Waals surface area contributed by atoms with Crippen LogP contribution >= 0.6 is 0 Å². The highest BCUT2D eigenvalue weighted by Crippen LogP contribution is 2.65. The molecule has 11 heteroatoms. The molecule has 4 unspecified atom stereocenters. The molecule has 42 heavy (non-hydrogen) atoms. The lowest BCUT2D eigenvalue weighted by Gasteiger charge is -2.46. The molecule has 2 aliphatic heterocycles. The second-order valence-electron chi connectivity index (χ2n) is 12.6. The molecule has 2 saturated heterocycles. The Morgan fingerprint density at radius 3 is 2.05 bits per heavy atom. The smallest absolute Gasteiger partial charge is 0.320 e. The van der Waals surface area contributed by atoms with Gasteiger partial charge in [-0.1, -0.05) is 26.0 Å². The number of nitrogens with zero attached hydrogens (tertiary/aromatic N) is 1. The van der Waals surface area contributed by atoms with Gasteiger partial charge in [0, 0.05) is 36.8 Å². The molecule has 0 radical (unpaired) electrons. The molecule has 2 aliphatic carbocycles. The maximum Gasteiger partial charge on any atom is 0.320 e. The summed E-state index contributed by atoms with van der Waals surface area (Å²) in [5.74, 6) is 0.428. The molecule has 4 fully saturated rings. The van der Waals surface area contributed by atoms with E-state index in [2.05, 4.69) is 13.8 Å². The third-order valence-corrected chi connectivity index (χ3v) is 10.9. The number of rotatable bonds is 8. The van der Waals surface area contributed by atoms with Gasteiger partial charge >= 0.3 is 11.9 Å². The molecule has 0 spiro atoms. The van der Waals surface area contributed by atoms with Crippen molar-refractivity contribution in [2.24, 2.45) is 22.7 Å². The number of esters is 2. The molecule has 2 heterocycles. The Morgan fingerprint density at radius 2 is 1.57 bits per heavy atom. The molecule has 1 aromatic carbocycles. The first-order chi connectivity index (χ1) is 19.7. The number of carbonyl (C=O) groups excluding carboxylic acids is 4. The summed E-state index contributed by atoms with van der Waals surface area (Å²) < 4.78 is 41.2. The van der Waals surface area contributed by atoms with Gasteiger partial charge in [-0.25, -0.2) is 0 Å². The summed E-state index contributed by atoms with van der Waals surface area (Å²) in [6, 6.07) is 6.10. The summed E-state index contributed by atoms with van der Waals surface area (Å²) in [6.07, 6.45) is 5.33. The molecular formula is C31H43NO9S. The van der Waals surface area contributed by atoms with Gasteiger partial charge in [0.2, 0.25) is 0 Å². The Balaban J connectivity index is 0.000000193. The molecule has 2 saturated carbocycles. The Morgan fingerprint density at radius 1 is 0.976 bits per heavy atom. The van der Waals surface area contributed by atoms with Crippen LogP contribution in [0, 0.1) is 22.7 Å². The zero-order valence-corrected chi connectivity index (χ0v) is 25.8. The van der Waals surface area contributed by atoms with E-state index < -0.39 is 10.1 Å². The van der Waals surface area contributed by atoms with Gasteiger partial charge in [0.25, 0.3) is 10.1 Å². The number of hydrogen-bond acceptors (Lipinski definition) is 9. The van der Waals surface area contributed by atoms with Crippen molar-refractivity contribution in [2.75, 3.05) is 19.8 Å². The third kappa shape index (κ3) is 6.48. The zero-order valence-electron chi connectivity index (χ0n) is 25.0. The average molecular weight is 606 g/mol. The lowest BCUT2D eigenvalue weighted by molar-refractivity contribution is -0.157. The van der Waals surface area contributed by atoms with Gasteiger partial charge in [0.15, 0.2) is 0 Å². The number of ketones is 2. The van der Waals surface area contributed by atoms with E-state index in [1.165, 1.54) is 12.1 Å². The van der Waals surface area contributed by atoms with Crippen LogP contribution in [0.2, 0.25) is 0 Å². The first-order valence-corrected chi connectivity index (χ1v) is 16.3. The molecule has 10 nitrogen and oxygen atoms in total. The second kappa shape index (κ2) is 12.5. The maximum atomic E-state index is 12.5. The standard InChI is InChI=1S/C16H20O4S.C15H23NO5/c1-15(2)12-7-8-16(15,14(17)9-12)10-11-3-5-13(6-4-11)21(18,19)20;1-3-20-14(18)9-16-11-5-10(15(19)21-4-2)6-12(16)8-13(17)7-11/h3-6,12H,7-10H2,1-2H3,(H,18,19,20);10-12H,3-9H2,1-2H3. The SMILES string of the molecule is CC1(C)C2CCC1(Cc1ccc(S(=O)(=O)O)cc1)C(=O)C2.CCOC(=O)CN1C2CC(=O)CC1CC(C(=O)OCC)C2. The number of benzene rings is 1. The predicted molar refractivity (Wildman–Crippen MR) is 153 cm³/mol. The number of fused-ring (bicyclic) bond motifs is 4. The van der Waals surface area contributed by atoms with Gasteiger partial charge in [-0.15, -0.1) is 0 Å². The Labute approximate surface area is 248 Å². The first-order valence-electron chi connectivity index (χ1n) is 14.9. The van der Waals surface area contributed by atoms with E-state index in [1.54, 1.807) is 26.0 Å². The molecule has 0 aromatic heterocycles. The van der Waals surface area contributed by atoms with Crippen LogP contribution in [0.25, 0.3) is 0 Å². The van der Waals surface area contributed by atoms with Crippen LogP contribution < -0.4 is 0 Å². The van der Waals surface area contributed by atoms with Gasteiger partial charge < -0.3 is 9.47 Å². The monoisotopic (exact) mass is 605 g/mol. The minimum absolute atomic E-state index is 0.00576. The molecule has 1 aromatic rings. The second-order valence-corrected chi connectivity index (χ2v) is 14.0. The number of hydrogen-bond donors (Lipinski definition) is 1. The largest absolute Gasteiger partial charge is 0.466 e. The summed E-state index contributed by atoms with van der Waals surface area (Å²) >= 11 is 0. The van der Waals surface area contributed by atoms with Gasteiger partial charge in [-0.05, 0) is 75.0 Å². The van der Waals surface area contributed by atoms with E-state index in [0.717, 1.165) is 18.4 Å². The van der Waals surface area contributed by atoms with E-state index in [1.807, 2.05) is 4.90 Å². The highest BCUT2D eigenvalue weighted by atomic mass is 32.2. The maximum absolute atomic E-state index is 12.5. The average Bonchev–Trinajstić information content (AvgIpc) is 3.24. The first kappa shape index (κ1) is 32.3. The molecule has 4 aliphatic rings. The molecule has 0 amide bonds. The summed E-state index contributed by atoms with van der Waals surface area (Å²) in [6.45, 7) is 8.85. The Bertz CT molecular complexity index is 1290. The van der Waals surface area contributed by atoms with E-state index >= 15 is 0 Å². The quantitative estimate of drug-likeness (QED) is 0.343. The molecule has 5 rings (SSSR count). The van der Waals surface area contributed by atoms with Crippen LogP contribution in [0.5, 0.6) is 0 Å². The van der Waals surface area contributed by atoms with Crippen LogP contribution in [0.4, 0.5) is 0 Å². The normalized spacial score (nSPS) is 29.9. The number of carbonyl (C=O) groups is 4. The van der Waals surface area contributed by atoms with Gasteiger partial charge in [0.05, 0.1) is 30.6 Å². The van der Waals surface area contributed by atoms with Crippen molar-refractivity contribution in [1.29, 1.82) is 0 Å². The van der Waals surface area contributed by atoms with Crippen molar-refractivity contribution in [3.63, 3.8) is 0 Å². The Kier molecular flexibility index (Phi) is 9.64. The number of piperidine rings is 2. The van der Waals surface area contributed by atoms with E-state index in [9.17, 15) is 27.6 Å². The highest BCUT2D eigenvalue weighted by molar-refractivity contribution is 7.85. The summed E-state index contributed by atoms with van der Waals surface area (Å²) in [5, 5.41) is 0. The molecular weight excluding hydrogens is 562 g/mol. The predicted octanol–water partition coefficient (Wildman–Crippen LogP) is 3.80. The minimum atomic E-state index is -4.16. The van der Waals surface area contributed by atoms with Crippen molar-refractivity contribution in [1.82, 2.24) is 4.90 Å². The fraction of sp³-hybridized carbons (Fsp3) is 0.677. The van der Waals surface area contributed by atoms with Gasteiger partial charge in [-0.2, -0.15) is 8.42 Å². The fourth-order valence-electron chi connectivity index (χ4n) is 7.71. The van der Waals surface area contributed by atoms with Crippen LogP contribution in [0.3, 0.4) is 0 Å². The summed E-state index contributed by atoms with van der Waals surface area (Å²) in [7, 11) is -4.16. The lowest BCUT2D eigenvalue weighted by Crippen LogP contribution is -2.57. The van der Waals surface area contributed by atoms with Crippen LogP contribution in [-0.2, 0) is 45.2 Å². The molecule has 232 valence electrons. The Hall–Kier alpha value is -2.63. The molecule has 1 N–H and O–H groups in total. The van der Waals surface area contributed by atoms with Crippen molar-refractivity contribution >= 4 is 33.6 Å². The number of ether oxygens (including phenoxy) is 2. The van der Waals surface area contributed by atoms with Crippen molar-refractivity contribution in [3.05, 3.63) is 29.8 Å². The van der Waals surface area contributed by atoms with Gasteiger partial charge in [-0.3, -0.25) is 28.6 Å². The summed E-state index contributed by atoms with van der Waals surface area (Å²) in [5.41, 5.74) is 0.648. The van der Waals surface area contributed by atoms with Crippen LogP contribution in [0.1, 0.15) is 78.2 Å². The van der Waals surface area contributed by atoms with Gasteiger partial charge in [0.1, 0.15) is 11.6 Å². The van der Waals surface area contributed by atoms with E-state index in [4.69, 9.17) is 14.0 Å². The van der Waals surface area contributed by atoms with E-state index in [-0.39, 0.29) is 58.0 Å². The highest BCUT2D eigenvalue weighted by Gasteiger charge is 2.63. The van der Waals surface area contributed by atoms with E-state index in [0.29, 0.717) is 63.4 Å². The lowest BCUT2D eigenvalue weighted by atomic mass is 9.66. The van der Waals surface area contributed by atoms with Crippen LogP contribution in [0.15, 0.2) is 29.2 Å². The van der Waals surface area contributed by atoms with Crippen molar-refractivity contribution < 1.29 is 41.6 Å². The fourth-order valence-corrected chi connectivity index (χ4v) is 8.19. The zero-order chi connectivity index (χ0) is 30.9. The van der Waals surface area contributed by atoms with Crippen molar-refractivity contribution in [3.8, 4) is 0 Å². The van der Waals surface area contributed by atoms with Crippen molar-refractivity contribution in [2.45, 2.75) is 96.0 Å². The molecule has 4 bridgehead atoms. The van der Waals surface area contributed by atoms with Crippen LogP contribution in [-0.4, -0.2) is 73.2 Å². The minimum Gasteiger partial charge on any atom is -0.466 e. The summed E-state index contributed by atoms with van der Waals surface area (Å²) in [4.78, 5) is 49.8. The topological polar surface area (TPSA) is 144 Å². The third-order valence-electron chi connectivity index (χ3n) is 10.1.